The third-order valence-electron chi connectivity index (χ3n) is 3.35. The molecule has 5 heteroatoms. The number of halogens is 1. The molecule has 0 amide bonds. The molecule has 1 N–H and O–H groups in total. The third-order valence-corrected chi connectivity index (χ3v) is 4.29. The van der Waals surface area contributed by atoms with E-state index in [0.717, 1.165) is 23.5 Å². The number of hydrogen-bond acceptors (Lipinski definition) is 4. The summed E-state index contributed by atoms with van der Waals surface area (Å²) in [5, 5.41) is 3.48. The Morgan fingerprint density at radius 1 is 1.40 bits per heavy atom. The first-order valence-electron chi connectivity index (χ1n) is 6.58. The minimum Gasteiger partial charge on any atom is -0.377 e. The highest BCUT2D eigenvalue weighted by Crippen LogP contribution is 2.26. The molecule has 0 unspecified atom stereocenters. The average Bonchev–Trinajstić information content (AvgIpc) is 2.81. The van der Waals surface area contributed by atoms with E-state index in [1.54, 1.807) is 17.4 Å². The molecule has 0 saturated heterocycles. The summed E-state index contributed by atoms with van der Waals surface area (Å²) < 4.78 is 13.4. The average molecular weight is 293 g/mol. The van der Waals surface area contributed by atoms with Crippen LogP contribution < -0.4 is 10.2 Å². The van der Waals surface area contributed by atoms with Crippen LogP contribution in [0, 0.1) is 12.7 Å². The Hall–Kier alpha value is -1.46. The summed E-state index contributed by atoms with van der Waals surface area (Å²) in [4.78, 5) is 7.43. The fourth-order valence-electron chi connectivity index (χ4n) is 2.12. The maximum absolute atomic E-state index is 13.4. The molecule has 0 radical (unpaired) electrons. The normalized spacial score (nSPS) is 12.4. The minimum atomic E-state index is -0.206. The molecule has 0 aliphatic carbocycles. The molecule has 0 saturated carbocycles. The van der Waals surface area contributed by atoms with E-state index in [1.807, 2.05) is 37.5 Å². The third kappa shape index (κ3) is 3.35. The van der Waals surface area contributed by atoms with Crippen molar-refractivity contribution < 1.29 is 4.39 Å². The smallest absolute Gasteiger partial charge is 0.125 e. The van der Waals surface area contributed by atoms with Gasteiger partial charge in [-0.1, -0.05) is 6.07 Å². The maximum Gasteiger partial charge on any atom is 0.125 e. The van der Waals surface area contributed by atoms with Crippen molar-refractivity contribution in [1.82, 2.24) is 10.3 Å². The van der Waals surface area contributed by atoms with Crippen molar-refractivity contribution in [1.29, 1.82) is 0 Å². The second kappa shape index (κ2) is 6.33. The van der Waals surface area contributed by atoms with Crippen LogP contribution in [-0.4, -0.2) is 19.1 Å². The molecular formula is C15H20FN3S. The molecule has 2 rings (SSSR count). The largest absolute Gasteiger partial charge is 0.377 e. The van der Waals surface area contributed by atoms with Gasteiger partial charge in [-0.05, 0) is 31.5 Å². The van der Waals surface area contributed by atoms with Gasteiger partial charge >= 0.3 is 0 Å². The van der Waals surface area contributed by atoms with Gasteiger partial charge in [0.15, 0.2) is 0 Å². The number of hydrogen-bond donors (Lipinski definition) is 1. The molecule has 0 aliphatic rings. The van der Waals surface area contributed by atoms with E-state index >= 15 is 0 Å². The zero-order valence-corrected chi connectivity index (χ0v) is 13.1. The van der Waals surface area contributed by atoms with Crippen LogP contribution in [0.2, 0.25) is 0 Å². The molecule has 1 aromatic carbocycles. The molecule has 108 valence electrons. The SMILES string of the molecule is Cc1ncsc1CN[C@H](C)c1ccc(F)cc1N(C)C. The van der Waals surface area contributed by atoms with Crippen LogP contribution in [0.25, 0.3) is 0 Å². The lowest BCUT2D eigenvalue weighted by Crippen LogP contribution is -2.21. The van der Waals surface area contributed by atoms with E-state index in [1.165, 1.54) is 10.9 Å². The van der Waals surface area contributed by atoms with Crippen molar-refractivity contribution in [2.45, 2.75) is 26.4 Å². The van der Waals surface area contributed by atoms with Gasteiger partial charge in [0.2, 0.25) is 0 Å². The van der Waals surface area contributed by atoms with Gasteiger partial charge in [-0.15, -0.1) is 11.3 Å². The van der Waals surface area contributed by atoms with E-state index in [0.29, 0.717) is 0 Å². The Labute approximate surface area is 123 Å². The summed E-state index contributed by atoms with van der Waals surface area (Å²) in [5.41, 5.74) is 4.94. The number of nitrogens with one attached hydrogen (secondary N) is 1. The molecule has 0 spiro atoms. The van der Waals surface area contributed by atoms with Crippen molar-refractivity contribution in [2.24, 2.45) is 0 Å². The number of aromatic nitrogens is 1. The molecule has 0 fully saturated rings. The van der Waals surface area contributed by atoms with E-state index in [9.17, 15) is 4.39 Å². The van der Waals surface area contributed by atoms with Gasteiger partial charge in [-0.2, -0.15) is 0 Å². The lowest BCUT2D eigenvalue weighted by Gasteiger charge is -2.22. The van der Waals surface area contributed by atoms with Crippen LogP contribution in [0.1, 0.15) is 29.1 Å². The first kappa shape index (κ1) is 14.9. The first-order chi connectivity index (χ1) is 9.49. The van der Waals surface area contributed by atoms with E-state index < -0.39 is 0 Å². The van der Waals surface area contributed by atoms with Crippen LogP contribution in [0.5, 0.6) is 0 Å². The summed E-state index contributed by atoms with van der Waals surface area (Å²) >= 11 is 1.66. The summed E-state index contributed by atoms with van der Waals surface area (Å²) in [6.45, 7) is 4.89. The van der Waals surface area contributed by atoms with Crippen molar-refractivity contribution >= 4 is 17.0 Å². The Morgan fingerprint density at radius 3 is 2.75 bits per heavy atom. The lowest BCUT2D eigenvalue weighted by molar-refractivity contribution is 0.573. The molecule has 0 bridgehead atoms. The monoisotopic (exact) mass is 293 g/mol. The van der Waals surface area contributed by atoms with Crippen LogP contribution in [0.3, 0.4) is 0 Å². The maximum atomic E-state index is 13.4. The quantitative estimate of drug-likeness (QED) is 0.914. The van der Waals surface area contributed by atoms with E-state index in [4.69, 9.17) is 0 Å². The Bertz CT molecular complexity index is 580. The van der Waals surface area contributed by atoms with E-state index in [-0.39, 0.29) is 11.9 Å². The van der Waals surface area contributed by atoms with Crippen molar-refractivity contribution in [2.75, 3.05) is 19.0 Å². The molecule has 20 heavy (non-hydrogen) atoms. The summed E-state index contributed by atoms with van der Waals surface area (Å²) in [7, 11) is 3.86. The van der Waals surface area contributed by atoms with Crippen molar-refractivity contribution in [3.8, 4) is 0 Å². The molecular weight excluding hydrogens is 273 g/mol. The number of aryl methyl sites for hydroxylation is 1. The minimum absolute atomic E-state index is 0.148. The molecule has 1 aromatic heterocycles. The predicted molar refractivity (Wildman–Crippen MR) is 82.8 cm³/mol. The summed E-state index contributed by atoms with van der Waals surface area (Å²) in [5.74, 6) is -0.206. The highest BCUT2D eigenvalue weighted by atomic mass is 32.1. The van der Waals surface area contributed by atoms with E-state index in [2.05, 4.69) is 17.2 Å². The number of benzene rings is 1. The second-order valence-corrected chi connectivity index (χ2v) is 6.00. The highest BCUT2D eigenvalue weighted by molar-refractivity contribution is 7.09. The number of rotatable bonds is 5. The fourth-order valence-corrected chi connectivity index (χ4v) is 2.85. The van der Waals surface area contributed by atoms with Crippen LogP contribution >= 0.6 is 11.3 Å². The fraction of sp³-hybridized carbons (Fsp3) is 0.400. The molecule has 0 aliphatic heterocycles. The van der Waals surface area contributed by atoms with Gasteiger partial charge in [-0.3, -0.25) is 0 Å². The molecule has 2 aromatic rings. The molecule has 1 heterocycles. The van der Waals surface area contributed by atoms with Gasteiger partial charge < -0.3 is 10.2 Å². The summed E-state index contributed by atoms with van der Waals surface area (Å²) in [6.07, 6.45) is 0. The second-order valence-electron chi connectivity index (χ2n) is 5.06. The standard InChI is InChI=1S/C15H20FN3S/c1-10(17-8-15-11(2)18-9-20-15)13-6-5-12(16)7-14(13)19(3)4/h5-7,9-10,17H,8H2,1-4H3/t10-/m1/s1. The van der Waals surface area contributed by atoms with Crippen LogP contribution in [-0.2, 0) is 6.54 Å². The zero-order chi connectivity index (χ0) is 14.7. The van der Waals surface area contributed by atoms with Crippen LogP contribution in [0.4, 0.5) is 10.1 Å². The molecule has 3 nitrogen and oxygen atoms in total. The lowest BCUT2D eigenvalue weighted by atomic mass is 10.1. The van der Waals surface area contributed by atoms with Gasteiger partial charge in [0.1, 0.15) is 5.82 Å². The van der Waals surface area contributed by atoms with Gasteiger partial charge in [0.05, 0.1) is 11.2 Å². The number of anilines is 1. The number of nitrogens with zero attached hydrogens (tertiary/aromatic N) is 2. The van der Waals surface area contributed by atoms with Crippen LogP contribution in [0.15, 0.2) is 23.7 Å². The first-order valence-corrected chi connectivity index (χ1v) is 7.46. The topological polar surface area (TPSA) is 28.2 Å². The zero-order valence-electron chi connectivity index (χ0n) is 12.3. The van der Waals surface area contributed by atoms with Crippen molar-refractivity contribution in [3.63, 3.8) is 0 Å². The Morgan fingerprint density at radius 2 is 2.15 bits per heavy atom. The van der Waals surface area contributed by atoms with Gasteiger partial charge in [0, 0.05) is 37.2 Å². The van der Waals surface area contributed by atoms with Crippen molar-refractivity contribution in [3.05, 3.63) is 45.7 Å². The highest BCUT2D eigenvalue weighted by Gasteiger charge is 2.13. The Kier molecular flexibility index (Phi) is 4.73. The Balaban J connectivity index is 2.13. The number of thiazole rings is 1. The summed E-state index contributed by atoms with van der Waals surface area (Å²) in [6, 6.07) is 5.08. The van der Waals surface area contributed by atoms with Gasteiger partial charge in [-0.25, -0.2) is 9.37 Å². The molecule has 1 atom stereocenters. The predicted octanol–water partition coefficient (Wildman–Crippen LogP) is 3.51. The van der Waals surface area contributed by atoms with Gasteiger partial charge in [0.25, 0.3) is 0 Å².